The number of fused-ring (bicyclic) bond motifs is 1. The lowest BCUT2D eigenvalue weighted by Crippen LogP contribution is -2.41. The summed E-state index contributed by atoms with van der Waals surface area (Å²) in [6.07, 6.45) is 1.81. The zero-order valence-electron chi connectivity index (χ0n) is 17.0. The predicted molar refractivity (Wildman–Crippen MR) is 131 cm³/mol. The molecule has 0 fully saturated rings. The molecule has 0 radical (unpaired) electrons. The van der Waals surface area contributed by atoms with Gasteiger partial charge in [-0.1, -0.05) is 18.2 Å². The van der Waals surface area contributed by atoms with Gasteiger partial charge >= 0.3 is 0 Å². The fraction of sp³-hybridized carbons (Fsp3) is 0.429. The van der Waals surface area contributed by atoms with E-state index in [0.717, 1.165) is 43.3 Å². The van der Waals surface area contributed by atoms with Crippen LogP contribution in [0.3, 0.4) is 0 Å². The van der Waals surface area contributed by atoms with Crippen molar-refractivity contribution in [1.82, 2.24) is 10.2 Å². The molecule has 6 nitrogen and oxygen atoms in total. The summed E-state index contributed by atoms with van der Waals surface area (Å²) in [7, 11) is 2.07. The molecule has 8 heteroatoms. The third-order valence-electron chi connectivity index (χ3n) is 4.58. The van der Waals surface area contributed by atoms with Gasteiger partial charge in [0.2, 0.25) is 0 Å². The minimum absolute atomic E-state index is 0. The highest BCUT2D eigenvalue weighted by Gasteiger charge is 2.24. The Kier molecular flexibility index (Phi) is 9.72. The smallest absolute Gasteiger partial charge is 0.265 e. The minimum atomic E-state index is 0. The highest BCUT2D eigenvalue weighted by molar-refractivity contribution is 14.0. The summed E-state index contributed by atoms with van der Waals surface area (Å²) in [5.41, 5.74) is 0.850. The second-order valence-corrected chi connectivity index (χ2v) is 7.67. The van der Waals surface area contributed by atoms with E-state index in [0.29, 0.717) is 13.1 Å². The topological polar surface area (TPSA) is 57.2 Å². The van der Waals surface area contributed by atoms with E-state index < -0.39 is 0 Å². The van der Waals surface area contributed by atoms with E-state index in [1.807, 2.05) is 29.2 Å². The average molecular weight is 528 g/mol. The fourth-order valence-corrected chi connectivity index (χ4v) is 3.82. The number of likely N-dealkylation sites (N-methyl/N-ethyl adjacent to an activating group) is 1. The Hall–Kier alpha value is -1.81. The molecule has 2 aromatic rings. The van der Waals surface area contributed by atoms with Crippen LogP contribution >= 0.6 is 35.3 Å². The number of guanidine groups is 1. The predicted octanol–water partition coefficient (Wildman–Crippen LogP) is 3.62. The van der Waals surface area contributed by atoms with Gasteiger partial charge in [0.1, 0.15) is 5.75 Å². The number of carbonyl (C=O) groups excluding carboxylic acids is 1. The molecule has 0 spiro atoms. The number of halogens is 1. The summed E-state index contributed by atoms with van der Waals surface area (Å²) in [6, 6.07) is 11.9. The molecule has 29 heavy (non-hydrogen) atoms. The first-order valence-electron chi connectivity index (χ1n) is 9.73. The lowest BCUT2D eigenvalue weighted by molar-refractivity contribution is -0.121. The van der Waals surface area contributed by atoms with E-state index in [2.05, 4.69) is 41.7 Å². The second-order valence-electron chi connectivity index (χ2n) is 6.64. The van der Waals surface area contributed by atoms with Crippen LogP contribution < -0.4 is 15.0 Å². The van der Waals surface area contributed by atoms with Crippen LogP contribution in [0.25, 0.3) is 0 Å². The summed E-state index contributed by atoms with van der Waals surface area (Å²) in [5.74, 6) is 1.68. The van der Waals surface area contributed by atoms with Crippen molar-refractivity contribution in [3.8, 4) is 5.75 Å². The number of nitrogens with zero attached hydrogens (tertiary/aromatic N) is 3. The summed E-state index contributed by atoms with van der Waals surface area (Å²) < 4.78 is 5.50. The van der Waals surface area contributed by atoms with Gasteiger partial charge in [-0.15, -0.1) is 35.3 Å². The highest BCUT2D eigenvalue weighted by Crippen LogP contribution is 2.31. The Morgan fingerprint density at radius 1 is 1.31 bits per heavy atom. The monoisotopic (exact) mass is 528 g/mol. The number of carbonyl (C=O) groups is 1. The van der Waals surface area contributed by atoms with E-state index in [4.69, 9.17) is 9.73 Å². The van der Waals surface area contributed by atoms with Crippen molar-refractivity contribution in [3.63, 3.8) is 0 Å². The third-order valence-corrected chi connectivity index (χ3v) is 5.52. The van der Waals surface area contributed by atoms with Gasteiger partial charge in [0.25, 0.3) is 5.91 Å². The normalized spacial score (nSPS) is 13.4. The molecule has 0 saturated heterocycles. The quantitative estimate of drug-likeness (QED) is 0.246. The Morgan fingerprint density at radius 3 is 2.90 bits per heavy atom. The lowest BCUT2D eigenvalue weighted by Gasteiger charge is -2.29. The molecule has 0 atom stereocenters. The standard InChI is InChI=1S/C21H28N4O2S.HI/c1-3-22-21(24(2)14-11-17-8-6-15-28-17)23-12-7-13-25-18-9-4-5-10-19(18)27-16-20(25)26;/h4-6,8-10,15H,3,7,11-14,16H2,1-2H3,(H,22,23);1H. The van der Waals surface area contributed by atoms with Gasteiger partial charge in [0.15, 0.2) is 12.6 Å². The largest absolute Gasteiger partial charge is 0.482 e. The zero-order chi connectivity index (χ0) is 19.8. The van der Waals surface area contributed by atoms with Crippen molar-refractivity contribution in [2.45, 2.75) is 19.8 Å². The number of benzene rings is 1. The number of amides is 1. The summed E-state index contributed by atoms with van der Waals surface area (Å²) in [4.78, 5) is 22.3. The van der Waals surface area contributed by atoms with Crippen LogP contribution in [-0.4, -0.2) is 56.6 Å². The van der Waals surface area contributed by atoms with E-state index in [9.17, 15) is 4.79 Å². The van der Waals surface area contributed by atoms with E-state index >= 15 is 0 Å². The highest BCUT2D eigenvalue weighted by atomic mass is 127. The lowest BCUT2D eigenvalue weighted by atomic mass is 10.2. The number of nitrogens with one attached hydrogen (secondary N) is 1. The Balaban J connectivity index is 0.00000300. The molecule has 0 bridgehead atoms. The van der Waals surface area contributed by atoms with E-state index in [-0.39, 0.29) is 36.5 Å². The number of para-hydroxylation sites is 2. The molecule has 0 unspecified atom stereocenters. The van der Waals surface area contributed by atoms with Gasteiger partial charge in [0, 0.05) is 38.1 Å². The number of thiophene rings is 1. The van der Waals surface area contributed by atoms with Crippen LogP contribution in [0, 0.1) is 0 Å². The molecule has 3 rings (SSSR count). The third kappa shape index (κ3) is 6.60. The fourth-order valence-electron chi connectivity index (χ4n) is 3.12. The minimum Gasteiger partial charge on any atom is -0.482 e. The molecule has 1 aliphatic rings. The van der Waals surface area contributed by atoms with Gasteiger partial charge in [0.05, 0.1) is 5.69 Å². The van der Waals surface area contributed by atoms with Crippen LogP contribution in [0.5, 0.6) is 5.75 Å². The molecule has 0 aliphatic carbocycles. The first-order chi connectivity index (χ1) is 13.7. The van der Waals surface area contributed by atoms with Crippen molar-refractivity contribution >= 4 is 52.9 Å². The molecular weight excluding hydrogens is 499 g/mol. The van der Waals surface area contributed by atoms with Gasteiger partial charge in [-0.05, 0) is 43.3 Å². The average Bonchev–Trinajstić information content (AvgIpc) is 3.23. The van der Waals surface area contributed by atoms with Crippen LogP contribution in [-0.2, 0) is 11.2 Å². The van der Waals surface area contributed by atoms with Gasteiger partial charge in [-0.3, -0.25) is 9.79 Å². The number of aliphatic imine (C=N–C) groups is 1. The number of ether oxygens (including phenoxy) is 1. The molecule has 1 aromatic heterocycles. The first-order valence-corrected chi connectivity index (χ1v) is 10.6. The van der Waals surface area contributed by atoms with Crippen molar-refractivity contribution in [3.05, 3.63) is 46.7 Å². The van der Waals surface area contributed by atoms with Gasteiger partial charge in [-0.25, -0.2) is 0 Å². The number of hydrogen-bond acceptors (Lipinski definition) is 4. The van der Waals surface area contributed by atoms with Crippen LogP contribution in [0.1, 0.15) is 18.2 Å². The SMILES string of the molecule is CCNC(=NCCCN1C(=O)COc2ccccc21)N(C)CCc1cccs1.I. The number of rotatable bonds is 8. The Bertz CT molecular complexity index is 798. The van der Waals surface area contributed by atoms with Gasteiger partial charge < -0.3 is 19.9 Å². The molecular formula is C21H29IN4O2S. The molecule has 1 aromatic carbocycles. The van der Waals surface area contributed by atoms with Crippen molar-refractivity contribution in [2.75, 3.05) is 44.7 Å². The molecule has 0 saturated carbocycles. The van der Waals surface area contributed by atoms with Crippen LogP contribution in [0.2, 0.25) is 0 Å². The maximum absolute atomic E-state index is 12.2. The Labute approximate surface area is 194 Å². The Morgan fingerprint density at radius 2 is 2.14 bits per heavy atom. The molecule has 1 N–H and O–H groups in total. The maximum atomic E-state index is 12.2. The van der Waals surface area contributed by atoms with Crippen molar-refractivity contribution < 1.29 is 9.53 Å². The second kappa shape index (κ2) is 12.0. The zero-order valence-corrected chi connectivity index (χ0v) is 20.1. The first kappa shape index (κ1) is 23.5. The summed E-state index contributed by atoms with van der Waals surface area (Å²) in [6.45, 7) is 5.24. The molecule has 1 aliphatic heterocycles. The van der Waals surface area contributed by atoms with Gasteiger partial charge in [-0.2, -0.15) is 0 Å². The maximum Gasteiger partial charge on any atom is 0.265 e. The summed E-state index contributed by atoms with van der Waals surface area (Å²) >= 11 is 1.79. The van der Waals surface area contributed by atoms with Crippen LogP contribution in [0.15, 0.2) is 46.8 Å². The molecule has 158 valence electrons. The summed E-state index contributed by atoms with van der Waals surface area (Å²) in [5, 5.41) is 5.46. The van der Waals surface area contributed by atoms with E-state index in [1.54, 1.807) is 11.3 Å². The van der Waals surface area contributed by atoms with Crippen molar-refractivity contribution in [1.29, 1.82) is 0 Å². The number of hydrogen-bond donors (Lipinski definition) is 1. The molecule has 2 heterocycles. The van der Waals surface area contributed by atoms with E-state index in [1.165, 1.54) is 4.88 Å². The number of anilines is 1. The van der Waals surface area contributed by atoms with Crippen molar-refractivity contribution in [2.24, 2.45) is 4.99 Å². The molecule has 1 amide bonds. The van der Waals surface area contributed by atoms with Crippen LogP contribution in [0.4, 0.5) is 5.69 Å².